The van der Waals surface area contributed by atoms with Gasteiger partial charge in [-0.3, -0.25) is 4.90 Å². The first kappa shape index (κ1) is 18.2. The lowest BCUT2D eigenvalue weighted by atomic mass is 10.1. The maximum Gasteiger partial charge on any atom is 0.243 e. The summed E-state index contributed by atoms with van der Waals surface area (Å²) in [5, 5.41) is 0. The van der Waals surface area contributed by atoms with Crippen LogP contribution in [-0.4, -0.2) is 53.4 Å². The molecule has 2 aromatic carbocycles. The average molecular weight is 385 g/mol. The van der Waals surface area contributed by atoms with Crippen molar-refractivity contribution in [3.8, 4) is 0 Å². The summed E-state index contributed by atoms with van der Waals surface area (Å²) in [4.78, 5) is 7.08. The molecule has 0 N–H and O–H groups in total. The predicted octanol–water partition coefficient (Wildman–Crippen LogP) is 2.62. The zero-order valence-electron chi connectivity index (χ0n) is 15.7. The summed E-state index contributed by atoms with van der Waals surface area (Å²) in [6, 6.07) is 13.4. The Morgan fingerprint density at radius 1 is 0.963 bits per heavy atom. The van der Waals surface area contributed by atoms with Crippen molar-refractivity contribution in [3.05, 3.63) is 59.9 Å². The number of fused-ring (bicyclic) bond motifs is 1. The van der Waals surface area contributed by atoms with Gasteiger partial charge in [-0.25, -0.2) is 13.4 Å². The summed E-state index contributed by atoms with van der Waals surface area (Å²) >= 11 is 0. The first-order valence-corrected chi connectivity index (χ1v) is 10.6. The summed E-state index contributed by atoms with van der Waals surface area (Å²) in [7, 11) is -3.43. The highest BCUT2D eigenvalue weighted by Gasteiger charge is 2.28. The zero-order valence-corrected chi connectivity index (χ0v) is 16.5. The van der Waals surface area contributed by atoms with Gasteiger partial charge < -0.3 is 4.57 Å². The monoisotopic (exact) mass is 384 g/mol. The fourth-order valence-corrected chi connectivity index (χ4v) is 4.98. The van der Waals surface area contributed by atoms with E-state index in [1.165, 1.54) is 0 Å². The molecule has 142 valence electrons. The highest BCUT2D eigenvalue weighted by Crippen LogP contribution is 2.21. The number of rotatable bonds is 4. The number of aromatic nitrogens is 2. The van der Waals surface area contributed by atoms with Crippen LogP contribution in [-0.2, 0) is 16.7 Å². The van der Waals surface area contributed by atoms with Gasteiger partial charge in [-0.2, -0.15) is 4.31 Å². The Bertz CT molecular complexity index is 1070. The zero-order chi connectivity index (χ0) is 19.0. The Kier molecular flexibility index (Phi) is 4.75. The molecule has 0 amide bonds. The number of para-hydroxylation sites is 2. The van der Waals surface area contributed by atoms with Crippen LogP contribution >= 0.6 is 0 Å². The highest BCUT2D eigenvalue weighted by atomic mass is 32.2. The van der Waals surface area contributed by atoms with Gasteiger partial charge >= 0.3 is 0 Å². The molecule has 0 radical (unpaired) electrons. The SMILES string of the molecule is Cc1ccc(S(=O)(=O)N2CCN(Cn3cnc4ccccc43)CC2)cc1C. The lowest BCUT2D eigenvalue weighted by Crippen LogP contribution is -2.48. The topological polar surface area (TPSA) is 58.4 Å². The number of sulfonamides is 1. The Hall–Kier alpha value is -2.22. The molecule has 6 nitrogen and oxygen atoms in total. The molecular formula is C20H24N4O2S. The van der Waals surface area contributed by atoms with Crippen LogP contribution in [0.2, 0.25) is 0 Å². The molecular weight excluding hydrogens is 360 g/mol. The van der Waals surface area contributed by atoms with Crippen LogP contribution in [0, 0.1) is 13.8 Å². The van der Waals surface area contributed by atoms with E-state index < -0.39 is 10.0 Å². The van der Waals surface area contributed by atoms with Gasteiger partial charge in [0.15, 0.2) is 0 Å². The fraction of sp³-hybridized carbons (Fsp3) is 0.350. The van der Waals surface area contributed by atoms with Crippen molar-refractivity contribution in [1.82, 2.24) is 18.8 Å². The lowest BCUT2D eigenvalue weighted by molar-refractivity contribution is 0.154. The second-order valence-corrected chi connectivity index (χ2v) is 9.05. The van der Waals surface area contributed by atoms with Gasteiger partial charge in [0, 0.05) is 26.2 Å². The van der Waals surface area contributed by atoms with Crippen molar-refractivity contribution in [2.45, 2.75) is 25.4 Å². The fourth-order valence-electron chi connectivity index (χ4n) is 3.47. The highest BCUT2D eigenvalue weighted by molar-refractivity contribution is 7.89. The number of hydrogen-bond acceptors (Lipinski definition) is 4. The molecule has 2 heterocycles. The molecule has 4 rings (SSSR count). The molecule has 7 heteroatoms. The van der Waals surface area contributed by atoms with Crippen molar-refractivity contribution >= 4 is 21.1 Å². The van der Waals surface area contributed by atoms with Gasteiger partial charge in [0.2, 0.25) is 10.0 Å². The van der Waals surface area contributed by atoms with Crippen LogP contribution in [0.15, 0.2) is 53.7 Å². The molecule has 1 saturated heterocycles. The maximum atomic E-state index is 12.9. The van der Waals surface area contributed by atoms with Crippen molar-refractivity contribution in [2.75, 3.05) is 26.2 Å². The number of aryl methyl sites for hydroxylation is 2. The van der Waals surface area contributed by atoms with Crippen LogP contribution in [0.4, 0.5) is 0 Å². The minimum absolute atomic E-state index is 0.389. The maximum absolute atomic E-state index is 12.9. The molecule has 0 unspecified atom stereocenters. The normalized spacial score (nSPS) is 16.8. The Morgan fingerprint density at radius 2 is 1.70 bits per heavy atom. The second kappa shape index (κ2) is 7.07. The van der Waals surface area contributed by atoms with Crippen LogP contribution in [0.25, 0.3) is 11.0 Å². The second-order valence-electron chi connectivity index (χ2n) is 7.11. The summed E-state index contributed by atoms with van der Waals surface area (Å²) in [5.74, 6) is 0. The molecule has 0 atom stereocenters. The molecule has 0 saturated carbocycles. The van der Waals surface area contributed by atoms with Crippen LogP contribution in [0.1, 0.15) is 11.1 Å². The summed E-state index contributed by atoms with van der Waals surface area (Å²) in [5.41, 5.74) is 4.18. The van der Waals surface area contributed by atoms with E-state index in [1.807, 2.05) is 44.4 Å². The summed E-state index contributed by atoms with van der Waals surface area (Å²) < 4.78 is 29.6. The lowest BCUT2D eigenvalue weighted by Gasteiger charge is -2.34. The standard InChI is InChI=1S/C20H24N4O2S/c1-16-7-8-18(13-17(16)2)27(25,26)24-11-9-22(10-12-24)15-23-14-21-19-5-3-4-6-20(19)23/h3-8,13-14H,9-12,15H2,1-2H3. The van der Waals surface area contributed by atoms with Crippen LogP contribution in [0.5, 0.6) is 0 Å². The Morgan fingerprint density at radius 3 is 2.44 bits per heavy atom. The van der Waals surface area contributed by atoms with E-state index in [1.54, 1.807) is 16.4 Å². The van der Waals surface area contributed by atoms with Gasteiger partial charge in [0.25, 0.3) is 0 Å². The molecule has 1 aliphatic rings. The smallest absolute Gasteiger partial charge is 0.243 e. The number of nitrogens with zero attached hydrogens (tertiary/aromatic N) is 4. The molecule has 0 spiro atoms. The Labute approximate surface area is 160 Å². The molecule has 1 fully saturated rings. The number of imidazole rings is 1. The van der Waals surface area contributed by atoms with E-state index in [4.69, 9.17) is 0 Å². The number of hydrogen-bond donors (Lipinski definition) is 0. The van der Waals surface area contributed by atoms with Gasteiger partial charge in [-0.15, -0.1) is 0 Å². The van der Waals surface area contributed by atoms with Gasteiger partial charge in [0.1, 0.15) is 0 Å². The van der Waals surface area contributed by atoms with E-state index >= 15 is 0 Å². The molecule has 3 aromatic rings. The van der Waals surface area contributed by atoms with E-state index in [2.05, 4.69) is 20.5 Å². The largest absolute Gasteiger partial charge is 0.317 e. The first-order valence-electron chi connectivity index (χ1n) is 9.15. The van der Waals surface area contributed by atoms with E-state index in [9.17, 15) is 8.42 Å². The van der Waals surface area contributed by atoms with Gasteiger partial charge in [-0.1, -0.05) is 18.2 Å². The van der Waals surface area contributed by atoms with Crippen molar-refractivity contribution in [3.63, 3.8) is 0 Å². The first-order chi connectivity index (χ1) is 12.9. The molecule has 1 aromatic heterocycles. The van der Waals surface area contributed by atoms with E-state index in [-0.39, 0.29) is 0 Å². The van der Waals surface area contributed by atoms with Crippen LogP contribution in [0.3, 0.4) is 0 Å². The summed E-state index contributed by atoms with van der Waals surface area (Å²) in [6.07, 6.45) is 1.85. The molecule has 0 aliphatic carbocycles. The quantitative estimate of drug-likeness (QED) is 0.694. The number of benzene rings is 2. The van der Waals surface area contributed by atoms with Crippen LogP contribution < -0.4 is 0 Å². The van der Waals surface area contributed by atoms with Crippen molar-refractivity contribution in [2.24, 2.45) is 0 Å². The van der Waals surface area contributed by atoms with E-state index in [0.29, 0.717) is 31.1 Å². The predicted molar refractivity (Wildman–Crippen MR) is 106 cm³/mol. The van der Waals surface area contributed by atoms with Gasteiger partial charge in [-0.05, 0) is 49.2 Å². The summed E-state index contributed by atoms with van der Waals surface area (Å²) in [6.45, 7) is 7.07. The molecule has 1 aliphatic heterocycles. The minimum atomic E-state index is -3.43. The number of piperazine rings is 1. The minimum Gasteiger partial charge on any atom is -0.317 e. The molecule has 0 bridgehead atoms. The third-order valence-corrected chi connectivity index (χ3v) is 7.22. The van der Waals surface area contributed by atoms with E-state index in [0.717, 1.165) is 28.8 Å². The average Bonchev–Trinajstić information content (AvgIpc) is 3.07. The van der Waals surface area contributed by atoms with Gasteiger partial charge in [0.05, 0.1) is 28.9 Å². The third kappa shape index (κ3) is 3.50. The molecule has 27 heavy (non-hydrogen) atoms. The van der Waals surface area contributed by atoms with Crippen molar-refractivity contribution < 1.29 is 8.42 Å². The third-order valence-electron chi connectivity index (χ3n) is 5.33. The Balaban J connectivity index is 1.44. The van der Waals surface area contributed by atoms with Crippen molar-refractivity contribution in [1.29, 1.82) is 0 Å².